The maximum absolute atomic E-state index is 13.8. The van der Waals surface area contributed by atoms with Gasteiger partial charge < -0.3 is 15.3 Å². The van der Waals surface area contributed by atoms with Gasteiger partial charge in [-0.25, -0.2) is 4.39 Å². The van der Waals surface area contributed by atoms with Crippen molar-refractivity contribution in [1.82, 2.24) is 20.0 Å². The number of nitrogens with one attached hydrogen (secondary N) is 1. The first kappa shape index (κ1) is 21.2. The van der Waals surface area contributed by atoms with Crippen LogP contribution >= 0.6 is 11.6 Å². The highest BCUT2D eigenvalue weighted by molar-refractivity contribution is 6.30. The number of β-amino-alcohol motifs (C(OH)–C–C–N with tert-alkyl or cyclic N) is 1. The Bertz CT molecular complexity index is 1180. The van der Waals surface area contributed by atoms with Crippen LogP contribution in [0.15, 0.2) is 59.4 Å². The zero-order chi connectivity index (χ0) is 22.1. The normalized spacial score (nSPS) is 18.8. The van der Waals surface area contributed by atoms with Crippen LogP contribution in [0, 0.1) is 5.82 Å². The molecule has 7 nitrogen and oxygen atoms in total. The van der Waals surface area contributed by atoms with Crippen molar-refractivity contribution >= 4 is 17.5 Å². The Kier molecular flexibility index (Phi) is 5.86. The van der Waals surface area contributed by atoms with Gasteiger partial charge in [0.2, 0.25) is 0 Å². The van der Waals surface area contributed by atoms with Crippen molar-refractivity contribution < 1.29 is 14.3 Å². The first-order valence-electron chi connectivity index (χ1n) is 9.65. The van der Waals surface area contributed by atoms with Crippen LogP contribution in [0.3, 0.4) is 0 Å². The summed E-state index contributed by atoms with van der Waals surface area (Å²) in [6.07, 6.45) is -0.739. The van der Waals surface area contributed by atoms with Crippen molar-refractivity contribution in [2.75, 3.05) is 20.1 Å². The Labute approximate surface area is 182 Å². The summed E-state index contributed by atoms with van der Waals surface area (Å²) < 4.78 is 14.8. The molecule has 0 aliphatic carbocycles. The Hall–Kier alpha value is -3.07. The van der Waals surface area contributed by atoms with E-state index < -0.39 is 29.4 Å². The molecule has 2 atom stereocenters. The van der Waals surface area contributed by atoms with Gasteiger partial charge in [0.1, 0.15) is 11.4 Å². The molecule has 0 radical (unpaired) electrons. The number of hydrogen-bond acceptors (Lipinski definition) is 5. The van der Waals surface area contributed by atoms with E-state index in [1.54, 1.807) is 24.3 Å². The average Bonchev–Trinajstić information content (AvgIpc) is 3.05. The van der Waals surface area contributed by atoms with Crippen molar-refractivity contribution in [3.8, 4) is 16.9 Å². The molecule has 1 fully saturated rings. The summed E-state index contributed by atoms with van der Waals surface area (Å²) in [7, 11) is 1.83. The molecule has 3 aromatic rings. The van der Waals surface area contributed by atoms with Crippen molar-refractivity contribution in [1.29, 1.82) is 0 Å². The first-order chi connectivity index (χ1) is 14.8. The topological polar surface area (TPSA) is 87.5 Å². The fourth-order valence-electron chi connectivity index (χ4n) is 3.57. The van der Waals surface area contributed by atoms with E-state index in [1.807, 2.05) is 11.9 Å². The Morgan fingerprint density at radius 2 is 1.94 bits per heavy atom. The first-order valence-corrected chi connectivity index (χ1v) is 10.0. The fourth-order valence-corrected chi connectivity index (χ4v) is 3.69. The van der Waals surface area contributed by atoms with Crippen molar-refractivity contribution in [2.45, 2.75) is 12.1 Å². The monoisotopic (exact) mass is 442 g/mol. The number of aromatic nitrogens is 2. The molecule has 2 aromatic carbocycles. The standard InChI is InChI=1S/C22H20ClFN4O3/c1-27-11-19(20(29)12-27)25-21(30)17-10-18(13-5-7-14(23)8-6-13)26-28(22(17)31)16-4-2-3-15(24)9-16/h2-10,19-20,29H,11-12H2,1H3,(H,25,30)/t19-,20+/m1/s1. The molecule has 31 heavy (non-hydrogen) atoms. The molecule has 0 saturated carbocycles. The van der Waals surface area contributed by atoms with Gasteiger partial charge in [-0.05, 0) is 43.4 Å². The minimum atomic E-state index is -0.739. The molecule has 0 spiro atoms. The van der Waals surface area contributed by atoms with Gasteiger partial charge in [0.05, 0.1) is 23.5 Å². The zero-order valence-electron chi connectivity index (χ0n) is 16.6. The van der Waals surface area contributed by atoms with Crippen molar-refractivity contribution in [2.24, 2.45) is 0 Å². The third-order valence-corrected chi connectivity index (χ3v) is 5.39. The predicted molar refractivity (Wildman–Crippen MR) is 115 cm³/mol. The number of benzene rings is 2. The highest BCUT2D eigenvalue weighted by atomic mass is 35.5. The lowest BCUT2D eigenvalue weighted by molar-refractivity contribution is 0.0886. The number of rotatable bonds is 4. The lowest BCUT2D eigenvalue weighted by Crippen LogP contribution is -2.45. The third kappa shape index (κ3) is 4.51. The van der Waals surface area contributed by atoms with Crippen LogP contribution in [-0.2, 0) is 0 Å². The number of nitrogens with zero attached hydrogens (tertiary/aromatic N) is 3. The zero-order valence-corrected chi connectivity index (χ0v) is 17.4. The second-order valence-electron chi connectivity index (χ2n) is 7.52. The molecular weight excluding hydrogens is 423 g/mol. The molecule has 160 valence electrons. The lowest BCUT2D eigenvalue weighted by Gasteiger charge is -2.16. The predicted octanol–water partition coefficient (Wildman–Crippen LogP) is 2.10. The number of aliphatic hydroxyl groups excluding tert-OH is 1. The molecule has 1 aliphatic rings. The molecule has 0 unspecified atom stereocenters. The van der Waals surface area contributed by atoms with E-state index in [-0.39, 0.29) is 11.3 Å². The van der Waals surface area contributed by atoms with Crippen LogP contribution < -0.4 is 10.9 Å². The van der Waals surface area contributed by atoms with Gasteiger partial charge >= 0.3 is 0 Å². The van der Waals surface area contributed by atoms with Crippen molar-refractivity contribution in [3.63, 3.8) is 0 Å². The molecule has 1 saturated heterocycles. The number of carbonyl (C=O) groups excluding carboxylic acids is 1. The van der Waals surface area contributed by atoms with E-state index in [0.717, 1.165) is 10.7 Å². The highest BCUT2D eigenvalue weighted by Gasteiger charge is 2.31. The fraction of sp³-hybridized carbons (Fsp3) is 0.227. The number of likely N-dealkylation sites (tertiary alicyclic amines) is 1. The van der Waals surface area contributed by atoms with Gasteiger partial charge in [-0.15, -0.1) is 0 Å². The maximum atomic E-state index is 13.8. The lowest BCUT2D eigenvalue weighted by atomic mass is 10.1. The van der Waals surface area contributed by atoms with E-state index in [0.29, 0.717) is 29.4 Å². The SMILES string of the molecule is CN1C[C@H](O)[C@H](NC(=O)c2cc(-c3ccc(Cl)cc3)nn(-c3cccc(F)c3)c2=O)C1. The summed E-state index contributed by atoms with van der Waals surface area (Å²) in [5.74, 6) is -1.17. The molecule has 2 heterocycles. The summed E-state index contributed by atoms with van der Waals surface area (Å²) in [5.41, 5.74) is 0.308. The van der Waals surface area contributed by atoms with E-state index >= 15 is 0 Å². The van der Waals surface area contributed by atoms with Gasteiger partial charge in [0.15, 0.2) is 0 Å². The molecular formula is C22H20ClFN4O3. The number of amides is 1. The molecule has 1 aromatic heterocycles. The molecule has 4 rings (SSSR count). The highest BCUT2D eigenvalue weighted by Crippen LogP contribution is 2.21. The molecule has 1 aliphatic heterocycles. The van der Waals surface area contributed by atoms with Crippen molar-refractivity contribution in [3.05, 3.63) is 81.4 Å². The molecule has 0 bridgehead atoms. The summed E-state index contributed by atoms with van der Waals surface area (Å²) in [5, 5.41) is 17.7. The van der Waals surface area contributed by atoms with Crippen LogP contribution in [-0.4, -0.2) is 58.0 Å². The quantitative estimate of drug-likeness (QED) is 0.646. The molecule has 9 heteroatoms. The molecule has 1 amide bonds. The van der Waals surface area contributed by atoms with Crippen LogP contribution in [0.1, 0.15) is 10.4 Å². The van der Waals surface area contributed by atoms with Gasteiger partial charge in [0, 0.05) is 23.7 Å². The Morgan fingerprint density at radius 1 is 1.19 bits per heavy atom. The molecule has 2 N–H and O–H groups in total. The largest absolute Gasteiger partial charge is 0.390 e. The number of aliphatic hydroxyl groups is 1. The van der Waals surface area contributed by atoms with E-state index in [1.165, 1.54) is 24.3 Å². The van der Waals surface area contributed by atoms with Crippen LogP contribution in [0.2, 0.25) is 5.02 Å². The second-order valence-corrected chi connectivity index (χ2v) is 7.95. The number of halogens is 2. The average molecular weight is 443 g/mol. The number of carbonyl (C=O) groups is 1. The van der Waals surface area contributed by atoms with E-state index in [4.69, 9.17) is 11.6 Å². The van der Waals surface area contributed by atoms with E-state index in [2.05, 4.69) is 10.4 Å². The third-order valence-electron chi connectivity index (χ3n) is 5.14. The smallest absolute Gasteiger partial charge is 0.284 e. The number of hydrogen-bond donors (Lipinski definition) is 2. The van der Waals surface area contributed by atoms with Crippen LogP contribution in [0.4, 0.5) is 4.39 Å². The minimum Gasteiger partial charge on any atom is -0.390 e. The van der Waals surface area contributed by atoms with Gasteiger partial charge in [-0.3, -0.25) is 9.59 Å². The Balaban J connectivity index is 1.80. The summed E-state index contributed by atoms with van der Waals surface area (Å²) >= 11 is 5.96. The summed E-state index contributed by atoms with van der Waals surface area (Å²) in [6.45, 7) is 0.880. The van der Waals surface area contributed by atoms with Gasteiger partial charge in [-0.1, -0.05) is 29.8 Å². The van der Waals surface area contributed by atoms with E-state index in [9.17, 15) is 19.1 Å². The number of likely N-dealkylation sites (N-methyl/N-ethyl adjacent to an activating group) is 1. The summed E-state index contributed by atoms with van der Waals surface area (Å²) in [4.78, 5) is 28.0. The van der Waals surface area contributed by atoms with Gasteiger partial charge in [-0.2, -0.15) is 9.78 Å². The maximum Gasteiger partial charge on any atom is 0.284 e. The Morgan fingerprint density at radius 3 is 2.58 bits per heavy atom. The second kappa shape index (κ2) is 8.58. The van der Waals surface area contributed by atoms with Gasteiger partial charge in [0.25, 0.3) is 11.5 Å². The van der Waals surface area contributed by atoms with Crippen LogP contribution in [0.25, 0.3) is 16.9 Å². The summed E-state index contributed by atoms with van der Waals surface area (Å²) in [6, 6.07) is 13.0. The minimum absolute atomic E-state index is 0.161. The van der Waals surface area contributed by atoms with Crippen LogP contribution in [0.5, 0.6) is 0 Å².